The van der Waals surface area contributed by atoms with E-state index in [-0.39, 0.29) is 0 Å². The second kappa shape index (κ2) is 4.49. The van der Waals surface area contributed by atoms with Crippen LogP contribution in [0.15, 0.2) is 18.5 Å². The number of aromatic nitrogens is 4. The number of nitrogens with zero attached hydrogens (tertiary/aromatic N) is 4. The molecule has 0 saturated heterocycles. The van der Waals surface area contributed by atoms with Crippen LogP contribution in [0, 0.1) is 6.92 Å². The quantitative estimate of drug-likeness (QED) is 0.771. The van der Waals surface area contributed by atoms with E-state index in [4.69, 9.17) is 16.3 Å². The summed E-state index contributed by atoms with van der Waals surface area (Å²) in [4.78, 5) is 8.06. The molecule has 0 aromatic carbocycles. The maximum atomic E-state index is 5.80. The highest BCUT2D eigenvalue weighted by Crippen LogP contribution is 2.20. The zero-order valence-electron chi connectivity index (χ0n) is 9.01. The van der Waals surface area contributed by atoms with Gasteiger partial charge in [-0.3, -0.25) is 4.68 Å². The molecule has 0 saturated carbocycles. The summed E-state index contributed by atoms with van der Waals surface area (Å²) in [6.07, 6.45) is 3.43. The number of hydrogen-bond acceptors (Lipinski definition) is 4. The van der Waals surface area contributed by atoms with Gasteiger partial charge in [-0.15, -0.1) is 0 Å². The SMILES string of the molecule is CCn1cc(Oc2cc(Cl)nc(C)n2)cn1. The standard InChI is InChI=1S/C10H11ClN4O/c1-3-15-6-8(5-12-15)16-10-4-9(11)13-7(2)14-10/h4-6H,3H2,1-2H3. The summed E-state index contributed by atoms with van der Waals surface area (Å²) in [5, 5.41) is 4.46. The minimum Gasteiger partial charge on any atom is -0.436 e. The maximum Gasteiger partial charge on any atom is 0.224 e. The summed E-state index contributed by atoms with van der Waals surface area (Å²) in [5.74, 6) is 1.63. The Bertz CT molecular complexity index is 477. The van der Waals surface area contributed by atoms with Crippen molar-refractivity contribution in [2.75, 3.05) is 0 Å². The lowest BCUT2D eigenvalue weighted by molar-refractivity contribution is 0.458. The number of ether oxygens (including phenoxy) is 1. The average molecular weight is 239 g/mol. The maximum absolute atomic E-state index is 5.80. The fourth-order valence-electron chi connectivity index (χ4n) is 1.25. The lowest BCUT2D eigenvalue weighted by Gasteiger charge is -2.02. The van der Waals surface area contributed by atoms with Gasteiger partial charge in [-0.25, -0.2) is 4.98 Å². The Morgan fingerprint density at radius 3 is 2.88 bits per heavy atom. The fraction of sp³-hybridized carbons (Fsp3) is 0.300. The molecule has 2 rings (SSSR count). The number of halogens is 1. The summed E-state index contributed by atoms with van der Waals surface area (Å²) >= 11 is 5.80. The van der Waals surface area contributed by atoms with Gasteiger partial charge < -0.3 is 4.74 Å². The first-order chi connectivity index (χ1) is 7.67. The Hall–Kier alpha value is -1.62. The molecule has 0 fully saturated rings. The molecule has 0 unspecified atom stereocenters. The van der Waals surface area contributed by atoms with E-state index in [1.54, 1.807) is 30.1 Å². The molecule has 2 aromatic heterocycles. The average Bonchev–Trinajstić information content (AvgIpc) is 2.64. The lowest BCUT2D eigenvalue weighted by Crippen LogP contribution is -1.93. The van der Waals surface area contributed by atoms with Gasteiger partial charge in [0.1, 0.15) is 11.0 Å². The van der Waals surface area contributed by atoms with Crippen LogP contribution < -0.4 is 4.74 Å². The molecule has 2 aromatic rings. The highest BCUT2D eigenvalue weighted by molar-refractivity contribution is 6.29. The van der Waals surface area contributed by atoms with Crippen LogP contribution in [0.2, 0.25) is 5.15 Å². The van der Waals surface area contributed by atoms with Crippen molar-refractivity contribution in [1.82, 2.24) is 19.7 Å². The summed E-state index contributed by atoms with van der Waals surface area (Å²) in [6.45, 7) is 4.56. The zero-order valence-corrected chi connectivity index (χ0v) is 9.77. The lowest BCUT2D eigenvalue weighted by atomic mass is 10.5. The molecule has 0 aliphatic carbocycles. The van der Waals surface area contributed by atoms with Crippen molar-refractivity contribution < 1.29 is 4.74 Å². The minimum atomic E-state index is 0.366. The van der Waals surface area contributed by atoms with Gasteiger partial charge >= 0.3 is 0 Å². The van der Waals surface area contributed by atoms with Gasteiger partial charge in [-0.1, -0.05) is 11.6 Å². The molecule has 0 atom stereocenters. The normalized spacial score (nSPS) is 10.4. The van der Waals surface area contributed by atoms with Crippen LogP contribution in [0.5, 0.6) is 11.6 Å². The third kappa shape index (κ3) is 2.49. The molecule has 0 N–H and O–H groups in total. The molecule has 84 valence electrons. The van der Waals surface area contributed by atoms with E-state index in [0.717, 1.165) is 6.54 Å². The van der Waals surface area contributed by atoms with E-state index in [1.807, 2.05) is 6.92 Å². The predicted octanol–water partition coefficient (Wildman–Crippen LogP) is 2.45. The van der Waals surface area contributed by atoms with Crippen molar-refractivity contribution in [2.24, 2.45) is 0 Å². The zero-order chi connectivity index (χ0) is 11.5. The summed E-state index contributed by atoms with van der Waals surface area (Å²) in [5.41, 5.74) is 0. The van der Waals surface area contributed by atoms with Crippen LogP contribution in [0.4, 0.5) is 0 Å². The first-order valence-corrected chi connectivity index (χ1v) is 5.26. The van der Waals surface area contributed by atoms with Crippen LogP contribution in [-0.2, 0) is 6.54 Å². The molecule has 5 nitrogen and oxygen atoms in total. The molecule has 0 amide bonds. The summed E-state index contributed by atoms with van der Waals surface area (Å²) in [6, 6.07) is 1.57. The second-order valence-corrected chi connectivity index (χ2v) is 3.60. The van der Waals surface area contributed by atoms with Gasteiger partial charge in [-0.05, 0) is 13.8 Å². The van der Waals surface area contributed by atoms with Crippen LogP contribution in [0.1, 0.15) is 12.7 Å². The topological polar surface area (TPSA) is 52.8 Å². The molecular formula is C10H11ClN4O. The van der Waals surface area contributed by atoms with Crippen LogP contribution >= 0.6 is 11.6 Å². The Morgan fingerprint density at radius 1 is 1.44 bits per heavy atom. The summed E-state index contributed by atoms with van der Waals surface area (Å²) in [7, 11) is 0. The Balaban J connectivity index is 2.19. The third-order valence-corrected chi connectivity index (χ3v) is 2.13. The first-order valence-electron chi connectivity index (χ1n) is 4.89. The molecule has 6 heteroatoms. The summed E-state index contributed by atoms with van der Waals surface area (Å²) < 4.78 is 7.27. The molecule has 2 heterocycles. The number of hydrogen-bond donors (Lipinski definition) is 0. The van der Waals surface area contributed by atoms with E-state index < -0.39 is 0 Å². The first kappa shape index (κ1) is 10.9. The van der Waals surface area contributed by atoms with Crippen molar-refractivity contribution >= 4 is 11.6 Å². The molecule has 0 aliphatic heterocycles. The van der Waals surface area contributed by atoms with Crippen LogP contribution in [-0.4, -0.2) is 19.7 Å². The molecule has 0 radical (unpaired) electrons. The predicted molar refractivity (Wildman–Crippen MR) is 59.8 cm³/mol. The van der Waals surface area contributed by atoms with E-state index in [1.165, 1.54) is 0 Å². The molecule has 0 aliphatic rings. The van der Waals surface area contributed by atoms with Crippen molar-refractivity contribution in [3.05, 3.63) is 29.4 Å². The van der Waals surface area contributed by atoms with Gasteiger partial charge in [0.05, 0.1) is 12.4 Å². The monoisotopic (exact) mass is 238 g/mol. The van der Waals surface area contributed by atoms with Crippen molar-refractivity contribution in [1.29, 1.82) is 0 Å². The number of rotatable bonds is 3. The van der Waals surface area contributed by atoms with Gasteiger partial charge in [0.2, 0.25) is 5.88 Å². The Morgan fingerprint density at radius 2 is 2.25 bits per heavy atom. The smallest absolute Gasteiger partial charge is 0.224 e. The fourth-order valence-corrected chi connectivity index (χ4v) is 1.46. The van der Waals surface area contributed by atoms with E-state index in [9.17, 15) is 0 Å². The molecule has 0 bridgehead atoms. The van der Waals surface area contributed by atoms with E-state index >= 15 is 0 Å². The highest BCUT2D eigenvalue weighted by Gasteiger charge is 2.04. The van der Waals surface area contributed by atoms with Crippen LogP contribution in [0.3, 0.4) is 0 Å². The Kier molecular flexibility index (Phi) is 3.05. The van der Waals surface area contributed by atoms with Crippen molar-refractivity contribution in [2.45, 2.75) is 20.4 Å². The van der Waals surface area contributed by atoms with Gasteiger partial charge in [0, 0.05) is 12.6 Å². The largest absolute Gasteiger partial charge is 0.436 e. The van der Waals surface area contributed by atoms with Crippen molar-refractivity contribution in [3.8, 4) is 11.6 Å². The minimum absolute atomic E-state index is 0.366. The number of aryl methyl sites for hydroxylation is 2. The van der Waals surface area contributed by atoms with Crippen LogP contribution in [0.25, 0.3) is 0 Å². The Labute approximate surface area is 98.0 Å². The third-order valence-electron chi connectivity index (χ3n) is 1.94. The molecular weight excluding hydrogens is 228 g/mol. The molecule has 0 spiro atoms. The van der Waals surface area contributed by atoms with Crippen molar-refractivity contribution in [3.63, 3.8) is 0 Å². The van der Waals surface area contributed by atoms with E-state index in [0.29, 0.717) is 22.6 Å². The second-order valence-electron chi connectivity index (χ2n) is 3.21. The van der Waals surface area contributed by atoms with Gasteiger partial charge in [0.15, 0.2) is 5.75 Å². The van der Waals surface area contributed by atoms with Gasteiger partial charge in [0.25, 0.3) is 0 Å². The highest BCUT2D eigenvalue weighted by atomic mass is 35.5. The molecule has 16 heavy (non-hydrogen) atoms. The van der Waals surface area contributed by atoms with E-state index in [2.05, 4.69) is 15.1 Å². The van der Waals surface area contributed by atoms with Gasteiger partial charge in [-0.2, -0.15) is 10.1 Å².